The fraction of sp³-hybridized carbons (Fsp3) is 0.125. The summed E-state index contributed by atoms with van der Waals surface area (Å²) in [4.78, 5) is 21.7. The molecule has 2 heterocycles. The molecular weight excluding hydrogens is 414 g/mol. The van der Waals surface area contributed by atoms with Crippen molar-refractivity contribution in [3.63, 3.8) is 0 Å². The molecule has 2 aromatic carbocycles. The number of aromatic nitrogens is 2. The van der Waals surface area contributed by atoms with Crippen LogP contribution in [0, 0.1) is 0 Å². The zero-order chi connectivity index (χ0) is 20.8. The Balaban J connectivity index is 1.46. The maximum atomic E-state index is 12.8. The van der Waals surface area contributed by atoms with Crippen molar-refractivity contribution in [1.82, 2.24) is 15.3 Å². The molecule has 4 aromatic rings. The zero-order valence-corrected chi connectivity index (χ0v) is 17.7. The van der Waals surface area contributed by atoms with Crippen molar-refractivity contribution in [2.75, 3.05) is 0 Å². The predicted octanol–water partition coefficient (Wildman–Crippen LogP) is 5.50. The molecule has 1 amide bonds. The molecule has 150 valence electrons. The van der Waals surface area contributed by atoms with Crippen LogP contribution in [0.2, 0.25) is 5.02 Å². The van der Waals surface area contributed by atoms with Crippen LogP contribution < -0.4 is 5.32 Å². The summed E-state index contributed by atoms with van der Waals surface area (Å²) in [7, 11) is 0. The molecule has 0 saturated heterocycles. The van der Waals surface area contributed by atoms with E-state index in [-0.39, 0.29) is 18.4 Å². The molecule has 4 nitrogen and oxygen atoms in total. The molecule has 4 rings (SSSR count). The van der Waals surface area contributed by atoms with Gasteiger partial charge in [-0.25, -0.2) is 4.98 Å². The molecule has 0 bridgehead atoms. The van der Waals surface area contributed by atoms with Crippen molar-refractivity contribution >= 4 is 28.8 Å². The number of hydrogen-bond donors (Lipinski definition) is 1. The van der Waals surface area contributed by atoms with Gasteiger partial charge in [-0.1, -0.05) is 60.1 Å². The van der Waals surface area contributed by atoms with Gasteiger partial charge >= 0.3 is 0 Å². The Kier molecular flexibility index (Phi) is 6.52. The van der Waals surface area contributed by atoms with E-state index in [1.54, 1.807) is 6.20 Å². The van der Waals surface area contributed by atoms with Gasteiger partial charge < -0.3 is 5.32 Å². The lowest BCUT2D eigenvalue weighted by Crippen LogP contribution is -2.31. The quantitative estimate of drug-likeness (QED) is 0.418. The first kappa shape index (κ1) is 20.3. The Morgan fingerprint density at radius 2 is 1.77 bits per heavy atom. The highest BCUT2D eigenvalue weighted by atomic mass is 35.5. The first-order chi connectivity index (χ1) is 14.7. The summed E-state index contributed by atoms with van der Waals surface area (Å²) in [6, 6.07) is 23.3. The monoisotopic (exact) mass is 433 g/mol. The van der Waals surface area contributed by atoms with Crippen LogP contribution in [-0.2, 0) is 17.6 Å². The normalized spacial score (nSPS) is 11.8. The van der Waals surface area contributed by atoms with Gasteiger partial charge in [-0.15, -0.1) is 11.3 Å². The van der Waals surface area contributed by atoms with E-state index in [4.69, 9.17) is 11.6 Å². The average Bonchev–Trinajstić information content (AvgIpc) is 3.24. The molecule has 0 radical (unpaired) electrons. The molecule has 0 spiro atoms. The highest BCUT2D eigenvalue weighted by molar-refractivity contribution is 7.13. The van der Waals surface area contributed by atoms with Crippen LogP contribution in [0.4, 0.5) is 0 Å². The van der Waals surface area contributed by atoms with Gasteiger partial charge in [0.05, 0.1) is 23.9 Å². The van der Waals surface area contributed by atoms with E-state index in [9.17, 15) is 4.79 Å². The molecule has 0 fully saturated rings. The zero-order valence-electron chi connectivity index (χ0n) is 16.2. The number of hydrogen-bond acceptors (Lipinski definition) is 4. The first-order valence-corrected chi connectivity index (χ1v) is 10.9. The molecule has 1 atom stereocenters. The van der Waals surface area contributed by atoms with Gasteiger partial charge in [0.1, 0.15) is 5.01 Å². The fourth-order valence-corrected chi connectivity index (χ4v) is 4.12. The third-order valence-corrected chi connectivity index (χ3v) is 5.83. The number of nitrogens with one attached hydrogen (secondary N) is 1. The van der Waals surface area contributed by atoms with Crippen molar-refractivity contribution in [3.05, 3.63) is 106 Å². The van der Waals surface area contributed by atoms with E-state index in [1.165, 1.54) is 11.3 Å². The summed E-state index contributed by atoms with van der Waals surface area (Å²) < 4.78 is 0. The maximum Gasteiger partial charge on any atom is 0.226 e. The molecule has 2 aromatic heterocycles. The third-order valence-electron chi connectivity index (χ3n) is 4.67. The summed E-state index contributed by atoms with van der Waals surface area (Å²) in [5, 5.41) is 6.61. The molecule has 1 N–H and O–H groups in total. The summed E-state index contributed by atoms with van der Waals surface area (Å²) in [6.45, 7) is 0. The van der Waals surface area contributed by atoms with Crippen molar-refractivity contribution in [3.8, 4) is 10.7 Å². The van der Waals surface area contributed by atoms with Crippen molar-refractivity contribution in [1.29, 1.82) is 0 Å². The number of pyridine rings is 1. The third kappa shape index (κ3) is 5.32. The number of amides is 1. The maximum absolute atomic E-state index is 12.8. The van der Waals surface area contributed by atoms with E-state index in [0.717, 1.165) is 27.5 Å². The number of benzene rings is 2. The molecule has 0 aliphatic carbocycles. The summed E-state index contributed by atoms with van der Waals surface area (Å²) in [5.41, 5.74) is 3.74. The standard InChI is InChI=1S/C24H20ClN3OS/c25-19-11-9-17(10-12-19)14-22(18-6-2-1-3-7-18)28-23(29)15-20-16-30-24(27-20)21-8-4-5-13-26-21/h1-13,16,22H,14-15H2,(H,28,29). The van der Waals surface area contributed by atoms with Crippen LogP contribution in [0.15, 0.2) is 84.4 Å². The van der Waals surface area contributed by atoms with Gasteiger partial charge in [-0.05, 0) is 41.8 Å². The second-order valence-electron chi connectivity index (χ2n) is 6.90. The highest BCUT2D eigenvalue weighted by Gasteiger charge is 2.17. The molecule has 0 aliphatic heterocycles. The van der Waals surface area contributed by atoms with E-state index in [0.29, 0.717) is 11.4 Å². The van der Waals surface area contributed by atoms with Gasteiger partial charge in [0.25, 0.3) is 0 Å². The van der Waals surface area contributed by atoms with E-state index < -0.39 is 0 Å². The van der Waals surface area contributed by atoms with Crippen molar-refractivity contribution in [2.45, 2.75) is 18.9 Å². The van der Waals surface area contributed by atoms with Gasteiger partial charge in [-0.3, -0.25) is 9.78 Å². The smallest absolute Gasteiger partial charge is 0.226 e. The summed E-state index contributed by atoms with van der Waals surface area (Å²) >= 11 is 7.50. The molecule has 1 unspecified atom stereocenters. The highest BCUT2D eigenvalue weighted by Crippen LogP contribution is 2.23. The van der Waals surface area contributed by atoms with Gasteiger partial charge in [-0.2, -0.15) is 0 Å². The Labute approximate surface area is 184 Å². The van der Waals surface area contributed by atoms with Gasteiger partial charge in [0.15, 0.2) is 0 Å². The van der Waals surface area contributed by atoms with Gasteiger partial charge in [0.2, 0.25) is 5.91 Å². The number of carbonyl (C=O) groups excluding carboxylic acids is 1. The van der Waals surface area contributed by atoms with Gasteiger partial charge in [0, 0.05) is 16.6 Å². The van der Waals surface area contributed by atoms with Crippen molar-refractivity contribution < 1.29 is 4.79 Å². The van der Waals surface area contributed by atoms with Crippen LogP contribution in [0.5, 0.6) is 0 Å². The van der Waals surface area contributed by atoms with Crippen LogP contribution in [0.25, 0.3) is 10.7 Å². The van der Waals surface area contributed by atoms with Crippen LogP contribution >= 0.6 is 22.9 Å². The molecule has 6 heteroatoms. The Bertz CT molecular complexity index is 1100. The van der Waals surface area contributed by atoms with Crippen molar-refractivity contribution in [2.24, 2.45) is 0 Å². The Hall–Kier alpha value is -3.02. The largest absolute Gasteiger partial charge is 0.349 e. The topological polar surface area (TPSA) is 54.9 Å². The Morgan fingerprint density at radius 1 is 1.00 bits per heavy atom. The molecule has 30 heavy (non-hydrogen) atoms. The van der Waals surface area contributed by atoms with Crippen LogP contribution in [0.1, 0.15) is 22.9 Å². The SMILES string of the molecule is O=C(Cc1csc(-c2ccccn2)n1)NC(Cc1ccc(Cl)cc1)c1ccccc1. The number of thiazole rings is 1. The predicted molar refractivity (Wildman–Crippen MR) is 122 cm³/mol. The molecule has 0 aliphatic rings. The number of nitrogens with zero attached hydrogens (tertiary/aromatic N) is 2. The number of halogens is 1. The minimum absolute atomic E-state index is 0.0595. The van der Waals surface area contributed by atoms with Crippen LogP contribution in [-0.4, -0.2) is 15.9 Å². The number of rotatable bonds is 7. The lowest BCUT2D eigenvalue weighted by molar-refractivity contribution is -0.121. The minimum atomic E-state index is -0.131. The fourth-order valence-electron chi connectivity index (χ4n) is 3.20. The first-order valence-electron chi connectivity index (χ1n) is 9.62. The second-order valence-corrected chi connectivity index (χ2v) is 8.19. The Morgan fingerprint density at radius 3 is 2.50 bits per heavy atom. The van der Waals surface area contributed by atoms with E-state index in [2.05, 4.69) is 15.3 Å². The number of carbonyl (C=O) groups is 1. The lowest BCUT2D eigenvalue weighted by atomic mass is 9.98. The van der Waals surface area contributed by atoms with E-state index >= 15 is 0 Å². The average molecular weight is 434 g/mol. The summed E-state index contributed by atoms with van der Waals surface area (Å²) in [5.74, 6) is -0.0595. The summed E-state index contributed by atoms with van der Waals surface area (Å²) in [6.07, 6.45) is 2.65. The lowest BCUT2D eigenvalue weighted by Gasteiger charge is -2.19. The minimum Gasteiger partial charge on any atom is -0.349 e. The van der Waals surface area contributed by atoms with Crippen LogP contribution in [0.3, 0.4) is 0 Å². The second kappa shape index (κ2) is 9.65. The van der Waals surface area contributed by atoms with E-state index in [1.807, 2.05) is 78.2 Å². The molecular formula is C24H20ClN3OS. The molecule has 0 saturated carbocycles.